The van der Waals surface area contributed by atoms with Gasteiger partial charge in [0.25, 0.3) is 5.91 Å². The lowest BCUT2D eigenvalue weighted by Crippen LogP contribution is -2.24. The summed E-state index contributed by atoms with van der Waals surface area (Å²) in [6, 6.07) is 26.6. The highest BCUT2D eigenvalue weighted by molar-refractivity contribution is 6.30. The summed E-state index contributed by atoms with van der Waals surface area (Å²) in [6.07, 6.45) is 4.90. The zero-order chi connectivity index (χ0) is 25.3. The average Bonchev–Trinajstić information content (AvgIpc) is 3.34. The van der Waals surface area contributed by atoms with Crippen molar-refractivity contribution in [1.82, 2.24) is 15.1 Å². The van der Waals surface area contributed by atoms with E-state index in [1.54, 1.807) is 23.0 Å². The molecular weight excluding hydrogens is 472 g/mol. The number of hydrogen-bond acceptors (Lipinski definition) is 4. The highest BCUT2D eigenvalue weighted by Crippen LogP contribution is 2.28. The van der Waals surface area contributed by atoms with Crippen molar-refractivity contribution in [2.24, 2.45) is 0 Å². The van der Waals surface area contributed by atoms with E-state index in [9.17, 15) is 10.1 Å². The van der Waals surface area contributed by atoms with Crippen LogP contribution in [0, 0.1) is 11.3 Å². The van der Waals surface area contributed by atoms with Crippen LogP contribution in [0.4, 0.5) is 0 Å². The fourth-order valence-corrected chi connectivity index (χ4v) is 3.58. The summed E-state index contributed by atoms with van der Waals surface area (Å²) in [7, 11) is 0. The summed E-state index contributed by atoms with van der Waals surface area (Å²) in [5, 5.41) is 17.7. The van der Waals surface area contributed by atoms with Gasteiger partial charge in [-0.1, -0.05) is 48.0 Å². The predicted octanol–water partition coefficient (Wildman–Crippen LogP) is 5.98. The summed E-state index contributed by atoms with van der Waals surface area (Å²) in [5.74, 6) is 0.233. The molecule has 1 aromatic heterocycles. The largest absolute Gasteiger partial charge is 0.489 e. The number of halogens is 1. The average molecular weight is 495 g/mol. The Morgan fingerprint density at radius 2 is 1.81 bits per heavy atom. The molecule has 0 atom stereocenters. The van der Waals surface area contributed by atoms with Gasteiger partial charge in [-0.3, -0.25) is 4.79 Å². The number of carbonyl (C=O) groups excluding carboxylic acids is 1. The summed E-state index contributed by atoms with van der Waals surface area (Å²) in [6.45, 7) is 4.27. The monoisotopic (exact) mass is 494 g/mol. The zero-order valence-corrected chi connectivity index (χ0v) is 20.2. The second-order valence-corrected chi connectivity index (χ2v) is 8.26. The molecule has 0 fully saturated rings. The van der Waals surface area contributed by atoms with E-state index in [4.69, 9.17) is 21.4 Å². The Morgan fingerprint density at radius 1 is 1.08 bits per heavy atom. The molecule has 0 unspecified atom stereocenters. The van der Waals surface area contributed by atoms with Gasteiger partial charge in [-0.15, -0.1) is 6.58 Å². The zero-order valence-electron chi connectivity index (χ0n) is 19.4. The van der Waals surface area contributed by atoms with E-state index in [0.717, 1.165) is 16.8 Å². The third-order valence-corrected chi connectivity index (χ3v) is 5.53. The van der Waals surface area contributed by atoms with Crippen LogP contribution in [0.25, 0.3) is 23.0 Å². The summed E-state index contributed by atoms with van der Waals surface area (Å²) in [4.78, 5) is 12.4. The summed E-state index contributed by atoms with van der Waals surface area (Å²) >= 11 is 5.94. The first kappa shape index (κ1) is 24.5. The number of benzene rings is 3. The van der Waals surface area contributed by atoms with Crippen LogP contribution in [0.1, 0.15) is 11.1 Å². The number of amides is 1. The van der Waals surface area contributed by atoms with E-state index >= 15 is 0 Å². The first-order valence-electron chi connectivity index (χ1n) is 11.2. The number of nitrogens with one attached hydrogen (secondary N) is 1. The Kier molecular flexibility index (Phi) is 7.97. The number of para-hydroxylation sites is 1. The molecule has 6 nitrogen and oxygen atoms in total. The van der Waals surface area contributed by atoms with Crippen LogP contribution in [-0.2, 0) is 11.4 Å². The van der Waals surface area contributed by atoms with E-state index < -0.39 is 5.91 Å². The van der Waals surface area contributed by atoms with Crippen molar-refractivity contribution in [2.45, 2.75) is 6.61 Å². The lowest BCUT2D eigenvalue weighted by Gasteiger charge is -2.07. The van der Waals surface area contributed by atoms with Crippen LogP contribution >= 0.6 is 11.6 Å². The Balaban J connectivity index is 1.64. The van der Waals surface area contributed by atoms with Gasteiger partial charge in [0, 0.05) is 28.9 Å². The van der Waals surface area contributed by atoms with Crippen LogP contribution in [0.2, 0.25) is 5.02 Å². The molecule has 0 spiro atoms. The highest BCUT2D eigenvalue weighted by Gasteiger charge is 2.15. The second kappa shape index (κ2) is 11.7. The van der Waals surface area contributed by atoms with Gasteiger partial charge in [0.2, 0.25) is 0 Å². The molecule has 0 bridgehead atoms. The summed E-state index contributed by atoms with van der Waals surface area (Å²) < 4.78 is 7.62. The van der Waals surface area contributed by atoms with Crippen molar-refractivity contribution in [2.75, 3.05) is 6.54 Å². The fourth-order valence-electron chi connectivity index (χ4n) is 3.45. The van der Waals surface area contributed by atoms with Gasteiger partial charge in [0.1, 0.15) is 24.0 Å². The molecule has 0 radical (unpaired) electrons. The molecule has 0 saturated heterocycles. The van der Waals surface area contributed by atoms with Gasteiger partial charge in [-0.25, -0.2) is 4.68 Å². The maximum Gasteiger partial charge on any atom is 0.262 e. The lowest BCUT2D eigenvalue weighted by atomic mass is 10.1. The Labute approximate surface area is 214 Å². The molecule has 0 aliphatic rings. The molecule has 4 aromatic rings. The van der Waals surface area contributed by atoms with Crippen LogP contribution in [0.5, 0.6) is 5.75 Å². The Hall–Kier alpha value is -4.60. The first-order valence-corrected chi connectivity index (χ1v) is 11.6. The highest BCUT2D eigenvalue weighted by atomic mass is 35.5. The molecular formula is C29H23ClN4O2. The number of nitrogens with zero attached hydrogens (tertiary/aromatic N) is 3. The minimum atomic E-state index is -0.471. The number of nitriles is 1. The molecule has 4 rings (SSSR count). The number of ether oxygens (including phenoxy) is 1. The van der Waals surface area contributed by atoms with Crippen molar-refractivity contribution in [3.05, 3.63) is 119 Å². The van der Waals surface area contributed by atoms with Gasteiger partial charge in [-0.2, -0.15) is 10.4 Å². The first-order chi connectivity index (χ1) is 17.6. The van der Waals surface area contributed by atoms with Crippen LogP contribution < -0.4 is 10.1 Å². The van der Waals surface area contributed by atoms with E-state index in [0.29, 0.717) is 28.6 Å². The number of aromatic nitrogens is 2. The third-order valence-electron chi connectivity index (χ3n) is 5.28. The van der Waals surface area contributed by atoms with Crippen molar-refractivity contribution >= 4 is 23.6 Å². The van der Waals surface area contributed by atoms with Crippen molar-refractivity contribution in [3.8, 4) is 28.8 Å². The molecule has 0 saturated carbocycles. The van der Waals surface area contributed by atoms with Gasteiger partial charge < -0.3 is 10.1 Å². The normalized spacial score (nSPS) is 10.9. The van der Waals surface area contributed by atoms with Crippen LogP contribution in [0.3, 0.4) is 0 Å². The lowest BCUT2D eigenvalue weighted by molar-refractivity contribution is -0.116. The molecule has 3 aromatic carbocycles. The van der Waals surface area contributed by atoms with Gasteiger partial charge in [0.05, 0.1) is 11.4 Å². The standard InChI is InChI=1S/C29H23ClN4O2/c1-2-16-32-29(35)23(18-31)17-24-19-34(26-6-4-3-5-7-26)33-28(24)22-10-14-27(15-11-22)36-20-21-8-12-25(30)13-9-21/h2-15,17,19H,1,16,20H2,(H,32,35). The minimum absolute atomic E-state index is 0.0198. The maximum absolute atomic E-state index is 12.4. The molecule has 0 aliphatic carbocycles. The molecule has 178 valence electrons. The van der Waals surface area contributed by atoms with Crippen LogP contribution in [-0.4, -0.2) is 22.2 Å². The molecule has 1 N–H and O–H groups in total. The minimum Gasteiger partial charge on any atom is -0.489 e. The molecule has 0 aliphatic heterocycles. The van der Waals surface area contributed by atoms with E-state index in [-0.39, 0.29) is 12.1 Å². The smallest absolute Gasteiger partial charge is 0.262 e. The van der Waals surface area contributed by atoms with E-state index in [1.165, 1.54) is 0 Å². The predicted molar refractivity (Wildman–Crippen MR) is 142 cm³/mol. The maximum atomic E-state index is 12.4. The van der Waals surface area contributed by atoms with Crippen LogP contribution in [0.15, 0.2) is 103 Å². The molecule has 7 heteroatoms. The molecule has 1 heterocycles. The summed E-state index contributed by atoms with van der Waals surface area (Å²) in [5.41, 5.74) is 3.94. The quantitative estimate of drug-likeness (QED) is 0.176. The van der Waals surface area contributed by atoms with Gasteiger partial charge in [0.15, 0.2) is 0 Å². The Morgan fingerprint density at radius 3 is 2.47 bits per heavy atom. The second-order valence-electron chi connectivity index (χ2n) is 7.82. The van der Waals surface area contributed by atoms with Gasteiger partial charge >= 0.3 is 0 Å². The SMILES string of the molecule is C=CCNC(=O)C(C#N)=Cc1cn(-c2ccccc2)nc1-c1ccc(OCc2ccc(Cl)cc2)cc1. The van der Waals surface area contributed by atoms with Crippen molar-refractivity contribution in [3.63, 3.8) is 0 Å². The molecule has 1 amide bonds. The Bertz CT molecular complexity index is 1420. The number of hydrogen-bond donors (Lipinski definition) is 1. The fraction of sp³-hybridized carbons (Fsp3) is 0.0690. The van der Waals surface area contributed by atoms with Crippen molar-refractivity contribution < 1.29 is 9.53 Å². The van der Waals surface area contributed by atoms with E-state index in [1.807, 2.05) is 84.9 Å². The third kappa shape index (κ3) is 6.09. The van der Waals surface area contributed by atoms with E-state index in [2.05, 4.69) is 11.9 Å². The topological polar surface area (TPSA) is 79.9 Å². The van der Waals surface area contributed by atoms with Crippen molar-refractivity contribution in [1.29, 1.82) is 5.26 Å². The van der Waals surface area contributed by atoms with Gasteiger partial charge in [-0.05, 0) is 60.2 Å². The molecule has 36 heavy (non-hydrogen) atoms. The number of rotatable bonds is 9. The number of carbonyl (C=O) groups is 1.